The predicted octanol–water partition coefficient (Wildman–Crippen LogP) is 2.06. The van der Waals surface area contributed by atoms with E-state index in [1.165, 1.54) is 18.5 Å². The lowest BCUT2D eigenvalue weighted by atomic mass is 10.2. The maximum atomic E-state index is 13.1. The molecule has 2 rings (SSSR count). The molecule has 1 aromatic heterocycles. The number of nitrogen functional groups attached to an aromatic ring is 1. The Bertz CT molecular complexity index is 489. The van der Waals surface area contributed by atoms with Crippen LogP contribution in [0, 0.1) is 5.82 Å². The van der Waals surface area contributed by atoms with E-state index in [4.69, 9.17) is 17.3 Å². The van der Waals surface area contributed by atoms with Crippen LogP contribution in [-0.4, -0.2) is 10.1 Å². The summed E-state index contributed by atoms with van der Waals surface area (Å²) in [7, 11) is 0. The van der Waals surface area contributed by atoms with Gasteiger partial charge in [0.2, 0.25) is 6.39 Å². The smallest absolute Gasteiger partial charge is 0.213 e. The first-order chi connectivity index (χ1) is 7.66. The Kier molecular flexibility index (Phi) is 2.91. The highest BCUT2D eigenvalue weighted by Gasteiger charge is 2.06. The van der Waals surface area contributed by atoms with Gasteiger partial charge in [0.1, 0.15) is 5.82 Å². The molecule has 16 heavy (non-hydrogen) atoms. The molecule has 1 aromatic carbocycles. The van der Waals surface area contributed by atoms with Crippen molar-refractivity contribution < 1.29 is 8.91 Å². The lowest BCUT2D eigenvalue weighted by molar-refractivity contribution is 0.411. The molecular weight excluding hydrogens is 235 g/mol. The minimum Gasteiger partial charge on any atom is -0.397 e. The van der Waals surface area contributed by atoms with E-state index >= 15 is 0 Å². The average Bonchev–Trinajstić information content (AvgIpc) is 2.74. The van der Waals surface area contributed by atoms with Crippen LogP contribution in [0.15, 0.2) is 23.0 Å². The van der Waals surface area contributed by atoms with E-state index in [0.29, 0.717) is 23.7 Å². The summed E-state index contributed by atoms with van der Waals surface area (Å²) < 4.78 is 17.7. The van der Waals surface area contributed by atoms with Crippen molar-refractivity contribution in [2.75, 3.05) is 11.1 Å². The summed E-state index contributed by atoms with van der Waals surface area (Å²) in [4.78, 5) is 3.80. The highest BCUT2D eigenvalue weighted by Crippen LogP contribution is 2.26. The number of anilines is 2. The number of aromatic nitrogens is 2. The van der Waals surface area contributed by atoms with Crippen LogP contribution in [0.3, 0.4) is 0 Å². The maximum absolute atomic E-state index is 13.1. The van der Waals surface area contributed by atoms with E-state index in [1.54, 1.807) is 0 Å². The van der Waals surface area contributed by atoms with Gasteiger partial charge in [-0.1, -0.05) is 16.8 Å². The number of hydrogen-bond donors (Lipinski definition) is 2. The molecule has 0 spiro atoms. The first kappa shape index (κ1) is 10.7. The van der Waals surface area contributed by atoms with Crippen molar-refractivity contribution in [2.24, 2.45) is 0 Å². The summed E-state index contributed by atoms with van der Waals surface area (Å²) in [5, 5.41) is 6.45. The number of benzene rings is 1. The van der Waals surface area contributed by atoms with Crippen LogP contribution in [-0.2, 0) is 6.54 Å². The second kappa shape index (κ2) is 4.36. The van der Waals surface area contributed by atoms with Crippen molar-refractivity contribution in [1.82, 2.24) is 10.1 Å². The molecule has 0 saturated carbocycles. The molecule has 3 N–H and O–H groups in total. The summed E-state index contributed by atoms with van der Waals surface area (Å²) in [5.41, 5.74) is 6.45. The van der Waals surface area contributed by atoms with Gasteiger partial charge in [-0.05, 0) is 6.07 Å². The molecule has 0 aliphatic carbocycles. The first-order valence-corrected chi connectivity index (χ1v) is 4.78. The molecule has 0 radical (unpaired) electrons. The standard InChI is InChI=1S/C9H8ClFN4O/c10-5-1-7(12)8(2-6(5)11)13-3-9-14-4-16-15-9/h1-2,4,13H,3,12H2. The summed E-state index contributed by atoms with van der Waals surface area (Å²) in [6.07, 6.45) is 1.21. The monoisotopic (exact) mass is 242 g/mol. The Labute approximate surface area is 95.4 Å². The molecule has 2 aromatic rings. The van der Waals surface area contributed by atoms with Crippen molar-refractivity contribution in [3.8, 4) is 0 Å². The highest BCUT2D eigenvalue weighted by molar-refractivity contribution is 6.31. The lowest BCUT2D eigenvalue weighted by Crippen LogP contribution is -2.04. The van der Waals surface area contributed by atoms with Gasteiger partial charge in [-0.25, -0.2) is 4.39 Å². The maximum Gasteiger partial charge on any atom is 0.213 e. The van der Waals surface area contributed by atoms with Gasteiger partial charge in [0.15, 0.2) is 5.82 Å². The van der Waals surface area contributed by atoms with Crippen LogP contribution in [0.4, 0.5) is 15.8 Å². The number of rotatable bonds is 3. The Morgan fingerprint density at radius 3 is 3.00 bits per heavy atom. The van der Waals surface area contributed by atoms with Crippen LogP contribution in [0.5, 0.6) is 0 Å². The van der Waals surface area contributed by atoms with Crippen LogP contribution >= 0.6 is 11.6 Å². The molecule has 0 aliphatic rings. The number of hydrogen-bond acceptors (Lipinski definition) is 5. The summed E-state index contributed by atoms with van der Waals surface area (Å²) >= 11 is 5.56. The molecule has 84 valence electrons. The SMILES string of the molecule is Nc1cc(Cl)c(F)cc1NCc1ncon1. The van der Waals surface area contributed by atoms with Crippen molar-refractivity contribution in [3.63, 3.8) is 0 Å². The zero-order chi connectivity index (χ0) is 11.5. The third-order valence-corrected chi connectivity index (χ3v) is 2.23. The number of halogens is 2. The Balaban J connectivity index is 2.12. The summed E-state index contributed by atoms with van der Waals surface area (Å²) in [6, 6.07) is 2.56. The fourth-order valence-corrected chi connectivity index (χ4v) is 1.33. The normalized spacial score (nSPS) is 10.4. The van der Waals surface area contributed by atoms with E-state index in [1.807, 2.05) is 0 Å². The van der Waals surface area contributed by atoms with Crippen LogP contribution in [0.25, 0.3) is 0 Å². The third kappa shape index (κ3) is 2.22. The molecule has 0 unspecified atom stereocenters. The van der Waals surface area contributed by atoms with Crippen LogP contribution < -0.4 is 11.1 Å². The molecule has 0 bridgehead atoms. The molecule has 1 heterocycles. The molecule has 0 atom stereocenters. The fourth-order valence-electron chi connectivity index (χ4n) is 1.16. The van der Waals surface area contributed by atoms with Gasteiger partial charge < -0.3 is 15.6 Å². The highest BCUT2D eigenvalue weighted by atomic mass is 35.5. The average molecular weight is 243 g/mol. The van der Waals surface area contributed by atoms with Gasteiger partial charge in [-0.3, -0.25) is 0 Å². The van der Waals surface area contributed by atoms with E-state index in [-0.39, 0.29) is 5.02 Å². The van der Waals surface area contributed by atoms with Gasteiger partial charge in [0.05, 0.1) is 22.9 Å². The van der Waals surface area contributed by atoms with Gasteiger partial charge in [0, 0.05) is 6.07 Å². The third-order valence-electron chi connectivity index (χ3n) is 1.94. The minimum absolute atomic E-state index is 0.0115. The van der Waals surface area contributed by atoms with Crippen molar-refractivity contribution in [1.29, 1.82) is 0 Å². The van der Waals surface area contributed by atoms with Crippen molar-refractivity contribution >= 4 is 23.0 Å². The van der Waals surface area contributed by atoms with Crippen LogP contribution in [0.1, 0.15) is 5.82 Å². The van der Waals surface area contributed by atoms with Crippen LogP contribution in [0.2, 0.25) is 5.02 Å². The number of nitrogens with zero attached hydrogens (tertiary/aromatic N) is 2. The molecule has 0 aliphatic heterocycles. The zero-order valence-corrected chi connectivity index (χ0v) is 8.83. The molecule has 5 nitrogen and oxygen atoms in total. The Morgan fingerprint density at radius 1 is 1.50 bits per heavy atom. The van der Waals surface area contributed by atoms with E-state index in [9.17, 15) is 4.39 Å². The Morgan fingerprint density at radius 2 is 2.31 bits per heavy atom. The molecule has 0 fully saturated rings. The zero-order valence-electron chi connectivity index (χ0n) is 8.08. The second-order valence-corrected chi connectivity index (χ2v) is 3.46. The number of nitrogens with one attached hydrogen (secondary N) is 1. The van der Waals surface area contributed by atoms with E-state index in [0.717, 1.165) is 0 Å². The first-order valence-electron chi connectivity index (χ1n) is 4.40. The van der Waals surface area contributed by atoms with Gasteiger partial charge >= 0.3 is 0 Å². The van der Waals surface area contributed by atoms with Gasteiger partial charge in [-0.15, -0.1) is 0 Å². The van der Waals surface area contributed by atoms with Gasteiger partial charge in [0.25, 0.3) is 0 Å². The van der Waals surface area contributed by atoms with Crippen molar-refractivity contribution in [2.45, 2.75) is 6.54 Å². The fraction of sp³-hybridized carbons (Fsp3) is 0.111. The molecular formula is C9H8ClFN4O. The summed E-state index contributed by atoms with van der Waals surface area (Å²) in [6.45, 7) is 0.293. The number of nitrogens with two attached hydrogens (primary N) is 1. The van der Waals surface area contributed by atoms with E-state index < -0.39 is 5.82 Å². The van der Waals surface area contributed by atoms with Crippen molar-refractivity contribution in [3.05, 3.63) is 35.2 Å². The quantitative estimate of drug-likeness (QED) is 0.806. The summed E-state index contributed by atoms with van der Waals surface area (Å²) in [5.74, 6) is -0.0822. The van der Waals surface area contributed by atoms with E-state index in [2.05, 4.69) is 20.0 Å². The van der Waals surface area contributed by atoms with Gasteiger partial charge in [-0.2, -0.15) is 4.98 Å². The molecule has 7 heteroatoms. The topological polar surface area (TPSA) is 77.0 Å². The molecule has 0 amide bonds. The lowest BCUT2D eigenvalue weighted by Gasteiger charge is -2.08. The largest absolute Gasteiger partial charge is 0.397 e. The molecule has 0 saturated heterocycles. The predicted molar refractivity (Wildman–Crippen MR) is 57.4 cm³/mol. The minimum atomic E-state index is -0.536. The Hall–Kier alpha value is -1.82. The second-order valence-electron chi connectivity index (χ2n) is 3.05.